The zero-order valence-corrected chi connectivity index (χ0v) is 12.7. The Labute approximate surface area is 126 Å². The lowest BCUT2D eigenvalue weighted by Gasteiger charge is -2.21. The van der Waals surface area contributed by atoms with Crippen LogP contribution in [0.2, 0.25) is 0 Å². The fourth-order valence-corrected chi connectivity index (χ4v) is 2.56. The van der Waals surface area contributed by atoms with E-state index in [0.717, 1.165) is 18.9 Å². The molecule has 110 valence electrons. The van der Waals surface area contributed by atoms with Crippen LogP contribution >= 0.6 is 0 Å². The van der Waals surface area contributed by atoms with Gasteiger partial charge in [-0.25, -0.2) is 9.97 Å². The molecule has 2 aromatic rings. The summed E-state index contributed by atoms with van der Waals surface area (Å²) in [6, 6.07) is 9.10. The number of anilines is 1. The lowest BCUT2D eigenvalue weighted by atomic mass is 10.1. The Morgan fingerprint density at radius 3 is 2.62 bits per heavy atom. The molecular weight excluding hydrogens is 260 g/mol. The molecule has 0 saturated heterocycles. The normalized spacial score (nSPS) is 14.6. The van der Waals surface area contributed by atoms with Crippen molar-refractivity contribution in [1.29, 1.82) is 0 Å². The van der Waals surface area contributed by atoms with Gasteiger partial charge in [0.15, 0.2) is 0 Å². The van der Waals surface area contributed by atoms with Crippen molar-refractivity contribution in [2.24, 2.45) is 0 Å². The Balaban J connectivity index is 1.74. The molecule has 0 amide bonds. The van der Waals surface area contributed by atoms with Gasteiger partial charge in [0.2, 0.25) is 0 Å². The van der Waals surface area contributed by atoms with Crippen molar-refractivity contribution < 1.29 is 0 Å². The predicted molar refractivity (Wildman–Crippen MR) is 84.6 cm³/mol. The van der Waals surface area contributed by atoms with E-state index in [1.54, 1.807) is 12.3 Å². The minimum atomic E-state index is 0.543. The number of rotatable bonds is 5. The number of benzene rings is 1. The van der Waals surface area contributed by atoms with Crippen LogP contribution in [0.15, 0.2) is 30.5 Å². The van der Waals surface area contributed by atoms with Crippen molar-refractivity contribution in [1.82, 2.24) is 14.9 Å². The van der Waals surface area contributed by atoms with E-state index in [1.165, 1.54) is 29.5 Å². The van der Waals surface area contributed by atoms with Crippen LogP contribution in [0.1, 0.15) is 35.4 Å². The summed E-state index contributed by atoms with van der Waals surface area (Å²) >= 11 is 0. The zero-order valence-electron chi connectivity index (χ0n) is 12.7. The maximum Gasteiger partial charge on any atom is 0.144 e. The highest BCUT2D eigenvalue weighted by Gasteiger charge is 2.29. The van der Waals surface area contributed by atoms with E-state index < -0.39 is 0 Å². The van der Waals surface area contributed by atoms with Gasteiger partial charge >= 0.3 is 0 Å². The van der Waals surface area contributed by atoms with Crippen molar-refractivity contribution in [3.05, 3.63) is 53.0 Å². The molecule has 4 nitrogen and oxygen atoms in total. The molecule has 1 saturated carbocycles. The maximum absolute atomic E-state index is 5.75. The smallest absolute Gasteiger partial charge is 0.144 e. The van der Waals surface area contributed by atoms with Gasteiger partial charge in [-0.3, -0.25) is 4.90 Å². The Morgan fingerprint density at radius 1 is 1.14 bits per heavy atom. The highest BCUT2D eigenvalue weighted by molar-refractivity contribution is 5.30. The topological polar surface area (TPSA) is 55.0 Å². The molecule has 4 heteroatoms. The Bertz CT molecular complexity index is 634. The second kappa shape index (κ2) is 5.82. The fourth-order valence-electron chi connectivity index (χ4n) is 2.56. The molecule has 1 aromatic carbocycles. The van der Waals surface area contributed by atoms with Crippen LogP contribution in [-0.2, 0) is 13.1 Å². The van der Waals surface area contributed by atoms with Gasteiger partial charge < -0.3 is 5.73 Å². The largest absolute Gasteiger partial charge is 0.384 e. The standard InChI is InChI=1S/C17H22N4/c1-12-3-4-14(9-13(12)2)10-21(15-5-6-15)11-17-19-8-7-16(18)20-17/h3-4,7-9,15H,5-6,10-11H2,1-2H3,(H2,18,19,20). The molecule has 0 aliphatic heterocycles. The minimum Gasteiger partial charge on any atom is -0.384 e. The average molecular weight is 282 g/mol. The number of hydrogen-bond acceptors (Lipinski definition) is 4. The van der Waals surface area contributed by atoms with Gasteiger partial charge in [-0.15, -0.1) is 0 Å². The summed E-state index contributed by atoms with van der Waals surface area (Å²) in [5.41, 5.74) is 9.79. The summed E-state index contributed by atoms with van der Waals surface area (Å²) in [6.07, 6.45) is 4.28. The van der Waals surface area contributed by atoms with Crippen LogP contribution in [0.25, 0.3) is 0 Å². The van der Waals surface area contributed by atoms with Gasteiger partial charge in [0.05, 0.1) is 6.54 Å². The Hall–Kier alpha value is -1.94. The lowest BCUT2D eigenvalue weighted by Crippen LogP contribution is -2.26. The molecule has 1 aromatic heterocycles. The van der Waals surface area contributed by atoms with Crippen LogP contribution in [0.4, 0.5) is 5.82 Å². The first kappa shape index (κ1) is 14.0. The monoisotopic (exact) mass is 282 g/mol. The first-order chi connectivity index (χ1) is 10.1. The molecule has 0 radical (unpaired) electrons. The summed E-state index contributed by atoms with van der Waals surface area (Å²) in [5.74, 6) is 1.35. The van der Waals surface area contributed by atoms with E-state index in [9.17, 15) is 0 Å². The van der Waals surface area contributed by atoms with Gasteiger partial charge in [0.1, 0.15) is 11.6 Å². The third-order valence-corrected chi connectivity index (χ3v) is 4.09. The molecule has 1 heterocycles. The van der Waals surface area contributed by atoms with Crippen LogP contribution in [-0.4, -0.2) is 20.9 Å². The van der Waals surface area contributed by atoms with E-state index in [-0.39, 0.29) is 0 Å². The first-order valence-corrected chi connectivity index (χ1v) is 7.49. The summed E-state index contributed by atoms with van der Waals surface area (Å²) in [5, 5.41) is 0. The molecule has 21 heavy (non-hydrogen) atoms. The number of aromatic nitrogens is 2. The van der Waals surface area contributed by atoms with Crippen LogP contribution < -0.4 is 5.73 Å². The SMILES string of the molecule is Cc1ccc(CN(Cc2nccc(N)n2)C2CC2)cc1C. The lowest BCUT2D eigenvalue weighted by molar-refractivity contribution is 0.239. The molecule has 1 aliphatic rings. The second-order valence-corrected chi connectivity index (χ2v) is 5.95. The number of hydrogen-bond donors (Lipinski definition) is 1. The predicted octanol–water partition coefficient (Wildman–Crippen LogP) is 2.84. The molecule has 2 N–H and O–H groups in total. The Morgan fingerprint density at radius 2 is 1.95 bits per heavy atom. The minimum absolute atomic E-state index is 0.543. The summed E-state index contributed by atoms with van der Waals surface area (Å²) in [7, 11) is 0. The van der Waals surface area contributed by atoms with Crippen molar-refractivity contribution >= 4 is 5.82 Å². The van der Waals surface area contributed by atoms with E-state index in [0.29, 0.717) is 11.9 Å². The number of nitrogen functional groups attached to an aromatic ring is 1. The molecular formula is C17H22N4. The van der Waals surface area contributed by atoms with Crippen molar-refractivity contribution in [3.63, 3.8) is 0 Å². The van der Waals surface area contributed by atoms with Crippen molar-refractivity contribution in [2.75, 3.05) is 5.73 Å². The van der Waals surface area contributed by atoms with Crippen molar-refractivity contribution in [2.45, 2.75) is 45.8 Å². The summed E-state index contributed by atoms with van der Waals surface area (Å²) in [4.78, 5) is 11.1. The average Bonchev–Trinajstić information content (AvgIpc) is 3.27. The van der Waals surface area contributed by atoms with E-state index in [1.807, 2.05) is 0 Å². The zero-order chi connectivity index (χ0) is 14.8. The number of nitrogens with two attached hydrogens (primary N) is 1. The quantitative estimate of drug-likeness (QED) is 0.916. The molecule has 1 fully saturated rings. The highest BCUT2D eigenvalue weighted by Crippen LogP contribution is 2.29. The third-order valence-electron chi connectivity index (χ3n) is 4.09. The highest BCUT2D eigenvalue weighted by atomic mass is 15.2. The fraction of sp³-hybridized carbons (Fsp3) is 0.412. The molecule has 3 rings (SSSR count). The van der Waals surface area contributed by atoms with Gasteiger partial charge in [0, 0.05) is 18.8 Å². The molecule has 0 atom stereocenters. The summed E-state index contributed by atoms with van der Waals surface area (Å²) < 4.78 is 0. The second-order valence-electron chi connectivity index (χ2n) is 5.95. The van der Waals surface area contributed by atoms with Crippen LogP contribution in [0.3, 0.4) is 0 Å². The third kappa shape index (κ3) is 3.58. The van der Waals surface area contributed by atoms with E-state index in [2.05, 4.69) is 46.9 Å². The van der Waals surface area contributed by atoms with Gasteiger partial charge in [0.25, 0.3) is 0 Å². The molecule has 0 spiro atoms. The molecule has 0 bridgehead atoms. The molecule has 0 unspecified atom stereocenters. The van der Waals surface area contributed by atoms with Crippen molar-refractivity contribution in [3.8, 4) is 0 Å². The van der Waals surface area contributed by atoms with Crippen LogP contribution in [0, 0.1) is 13.8 Å². The van der Waals surface area contributed by atoms with E-state index >= 15 is 0 Å². The Kier molecular flexibility index (Phi) is 3.88. The van der Waals surface area contributed by atoms with Gasteiger partial charge in [-0.2, -0.15) is 0 Å². The van der Waals surface area contributed by atoms with Gasteiger partial charge in [-0.1, -0.05) is 18.2 Å². The maximum atomic E-state index is 5.75. The summed E-state index contributed by atoms with van der Waals surface area (Å²) in [6.45, 7) is 6.03. The van der Waals surface area contributed by atoms with Crippen LogP contribution in [0.5, 0.6) is 0 Å². The first-order valence-electron chi connectivity index (χ1n) is 7.49. The van der Waals surface area contributed by atoms with Gasteiger partial charge in [-0.05, 0) is 49.4 Å². The number of nitrogens with zero attached hydrogens (tertiary/aromatic N) is 3. The number of aryl methyl sites for hydroxylation is 2. The van der Waals surface area contributed by atoms with E-state index in [4.69, 9.17) is 5.73 Å². The molecule has 1 aliphatic carbocycles.